The highest BCUT2D eigenvalue weighted by molar-refractivity contribution is 5.57. The number of aromatic nitrogens is 2. The van der Waals surface area contributed by atoms with Crippen LogP contribution in [0.2, 0.25) is 0 Å². The van der Waals surface area contributed by atoms with Gasteiger partial charge in [-0.05, 0) is 24.7 Å². The summed E-state index contributed by atoms with van der Waals surface area (Å²) in [7, 11) is 1.89. The van der Waals surface area contributed by atoms with Crippen LogP contribution in [0.3, 0.4) is 0 Å². The summed E-state index contributed by atoms with van der Waals surface area (Å²) in [5.74, 6) is 1.82. The standard InChI is InChI=1S/C15H28N4O/c1-5-7-12-13(16-4)18-11-19-14(12)17-10-15(2,3)8-6-9-20/h11,20H,5-10H2,1-4H3,(H2,16,17,18,19). The topological polar surface area (TPSA) is 70.1 Å². The van der Waals surface area contributed by atoms with Gasteiger partial charge in [-0.25, -0.2) is 9.97 Å². The summed E-state index contributed by atoms with van der Waals surface area (Å²) < 4.78 is 0. The lowest BCUT2D eigenvalue weighted by molar-refractivity contribution is 0.248. The Bertz CT molecular complexity index is 407. The molecule has 1 aromatic heterocycles. The highest BCUT2D eigenvalue weighted by atomic mass is 16.2. The molecule has 1 heterocycles. The van der Waals surface area contributed by atoms with Crippen molar-refractivity contribution in [3.05, 3.63) is 11.9 Å². The number of aliphatic hydroxyl groups excluding tert-OH is 1. The van der Waals surface area contributed by atoms with Gasteiger partial charge in [-0.15, -0.1) is 0 Å². The third kappa shape index (κ3) is 4.96. The normalized spacial score (nSPS) is 11.4. The van der Waals surface area contributed by atoms with Gasteiger partial charge in [0.25, 0.3) is 0 Å². The van der Waals surface area contributed by atoms with Crippen LogP contribution in [0.5, 0.6) is 0 Å². The zero-order valence-corrected chi connectivity index (χ0v) is 13.2. The minimum absolute atomic E-state index is 0.136. The lowest BCUT2D eigenvalue weighted by Crippen LogP contribution is -2.24. The molecule has 0 atom stereocenters. The fourth-order valence-electron chi connectivity index (χ4n) is 2.24. The lowest BCUT2D eigenvalue weighted by Gasteiger charge is -2.25. The molecule has 0 aliphatic rings. The summed E-state index contributed by atoms with van der Waals surface area (Å²) in [5.41, 5.74) is 1.28. The van der Waals surface area contributed by atoms with Crippen molar-refractivity contribution in [2.75, 3.05) is 30.8 Å². The summed E-state index contributed by atoms with van der Waals surface area (Å²) in [6, 6.07) is 0. The van der Waals surface area contributed by atoms with Crippen molar-refractivity contribution in [1.29, 1.82) is 0 Å². The number of anilines is 2. The Labute approximate surface area is 122 Å². The van der Waals surface area contributed by atoms with Crippen molar-refractivity contribution < 1.29 is 5.11 Å². The monoisotopic (exact) mass is 280 g/mol. The molecule has 0 saturated heterocycles. The van der Waals surface area contributed by atoms with Crippen LogP contribution in [0, 0.1) is 5.41 Å². The first-order valence-electron chi connectivity index (χ1n) is 7.40. The quantitative estimate of drug-likeness (QED) is 0.649. The molecular weight excluding hydrogens is 252 g/mol. The summed E-state index contributed by atoms with van der Waals surface area (Å²) >= 11 is 0. The predicted molar refractivity (Wildman–Crippen MR) is 84.2 cm³/mol. The molecule has 0 aliphatic carbocycles. The van der Waals surface area contributed by atoms with Crippen LogP contribution in [0.1, 0.15) is 45.6 Å². The molecule has 1 aromatic rings. The molecule has 0 saturated carbocycles. The molecule has 3 N–H and O–H groups in total. The van der Waals surface area contributed by atoms with E-state index in [9.17, 15) is 0 Å². The number of hydrogen-bond donors (Lipinski definition) is 3. The Kier molecular flexibility index (Phi) is 6.71. The molecule has 20 heavy (non-hydrogen) atoms. The summed E-state index contributed by atoms with van der Waals surface area (Å²) in [6.45, 7) is 7.65. The van der Waals surface area contributed by atoms with Crippen LogP contribution in [-0.4, -0.2) is 35.3 Å². The molecule has 0 unspecified atom stereocenters. The Morgan fingerprint density at radius 2 is 1.95 bits per heavy atom. The molecule has 0 fully saturated rings. The molecule has 0 spiro atoms. The number of hydrogen-bond acceptors (Lipinski definition) is 5. The van der Waals surface area contributed by atoms with Gasteiger partial charge in [-0.1, -0.05) is 27.2 Å². The zero-order chi connectivity index (χ0) is 15.0. The van der Waals surface area contributed by atoms with Gasteiger partial charge in [-0.3, -0.25) is 0 Å². The minimum atomic E-state index is 0.136. The van der Waals surface area contributed by atoms with Crippen LogP contribution >= 0.6 is 0 Å². The van der Waals surface area contributed by atoms with Crippen molar-refractivity contribution in [2.45, 2.75) is 46.5 Å². The van der Waals surface area contributed by atoms with E-state index in [2.05, 4.69) is 41.4 Å². The molecule has 5 nitrogen and oxygen atoms in total. The van der Waals surface area contributed by atoms with Crippen molar-refractivity contribution in [3.8, 4) is 0 Å². The van der Waals surface area contributed by atoms with E-state index in [1.54, 1.807) is 6.33 Å². The van der Waals surface area contributed by atoms with E-state index in [1.807, 2.05) is 7.05 Å². The van der Waals surface area contributed by atoms with E-state index in [0.717, 1.165) is 49.4 Å². The largest absolute Gasteiger partial charge is 0.396 e. The number of aliphatic hydroxyl groups is 1. The van der Waals surface area contributed by atoms with Crippen molar-refractivity contribution in [2.24, 2.45) is 5.41 Å². The smallest absolute Gasteiger partial charge is 0.134 e. The van der Waals surface area contributed by atoms with E-state index in [1.165, 1.54) is 0 Å². The van der Waals surface area contributed by atoms with Gasteiger partial charge in [0, 0.05) is 25.8 Å². The second kappa shape index (κ2) is 8.04. The molecular formula is C15H28N4O. The highest BCUT2D eigenvalue weighted by Gasteiger charge is 2.18. The van der Waals surface area contributed by atoms with Gasteiger partial charge < -0.3 is 15.7 Å². The maximum Gasteiger partial charge on any atom is 0.134 e. The van der Waals surface area contributed by atoms with Crippen LogP contribution in [0.4, 0.5) is 11.6 Å². The molecule has 0 radical (unpaired) electrons. The van der Waals surface area contributed by atoms with Gasteiger partial charge in [0.15, 0.2) is 0 Å². The first-order valence-corrected chi connectivity index (χ1v) is 7.40. The SMILES string of the molecule is CCCc1c(NC)ncnc1NCC(C)(C)CCCO. The van der Waals surface area contributed by atoms with Gasteiger partial charge in [0.1, 0.15) is 18.0 Å². The summed E-state index contributed by atoms with van der Waals surface area (Å²) in [4.78, 5) is 8.65. The molecule has 0 bridgehead atoms. The molecule has 0 amide bonds. The third-order valence-corrected chi connectivity index (χ3v) is 3.43. The van der Waals surface area contributed by atoms with Gasteiger partial charge >= 0.3 is 0 Å². The Hall–Kier alpha value is -1.36. The molecule has 0 aromatic carbocycles. The Morgan fingerprint density at radius 3 is 2.55 bits per heavy atom. The van der Waals surface area contributed by atoms with Crippen LogP contribution < -0.4 is 10.6 Å². The van der Waals surface area contributed by atoms with Crippen molar-refractivity contribution >= 4 is 11.6 Å². The van der Waals surface area contributed by atoms with Crippen LogP contribution in [0.15, 0.2) is 6.33 Å². The summed E-state index contributed by atoms with van der Waals surface area (Å²) in [6.07, 6.45) is 5.43. The Balaban J connectivity index is 2.76. The van der Waals surface area contributed by atoms with E-state index in [4.69, 9.17) is 5.11 Å². The fourth-order valence-corrected chi connectivity index (χ4v) is 2.24. The molecule has 5 heteroatoms. The minimum Gasteiger partial charge on any atom is -0.396 e. The predicted octanol–water partition coefficient (Wildman–Crippen LogP) is 2.68. The lowest BCUT2D eigenvalue weighted by atomic mass is 9.88. The number of nitrogens with one attached hydrogen (secondary N) is 2. The van der Waals surface area contributed by atoms with E-state index in [-0.39, 0.29) is 12.0 Å². The van der Waals surface area contributed by atoms with Gasteiger partial charge in [0.05, 0.1) is 0 Å². The fraction of sp³-hybridized carbons (Fsp3) is 0.733. The second-order valence-corrected chi connectivity index (χ2v) is 5.89. The van der Waals surface area contributed by atoms with Crippen molar-refractivity contribution in [1.82, 2.24) is 9.97 Å². The maximum absolute atomic E-state index is 8.95. The zero-order valence-electron chi connectivity index (χ0n) is 13.2. The average molecular weight is 280 g/mol. The summed E-state index contributed by atoms with van der Waals surface area (Å²) in [5, 5.41) is 15.5. The van der Waals surface area contributed by atoms with Gasteiger partial charge in [0.2, 0.25) is 0 Å². The van der Waals surface area contributed by atoms with E-state index in [0.29, 0.717) is 0 Å². The van der Waals surface area contributed by atoms with Crippen LogP contribution in [0.25, 0.3) is 0 Å². The molecule has 1 rings (SSSR count). The van der Waals surface area contributed by atoms with Gasteiger partial charge in [-0.2, -0.15) is 0 Å². The first kappa shape index (κ1) is 16.7. The third-order valence-electron chi connectivity index (χ3n) is 3.43. The second-order valence-electron chi connectivity index (χ2n) is 5.89. The van der Waals surface area contributed by atoms with Crippen LogP contribution in [-0.2, 0) is 6.42 Å². The Morgan fingerprint density at radius 1 is 1.25 bits per heavy atom. The highest BCUT2D eigenvalue weighted by Crippen LogP contribution is 2.25. The number of nitrogens with zero attached hydrogens (tertiary/aromatic N) is 2. The van der Waals surface area contributed by atoms with E-state index >= 15 is 0 Å². The molecule has 0 aliphatic heterocycles. The first-order chi connectivity index (χ1) is 9.54. The average Bonchev–Trinajstić information content (AvgIpc) is 2.44. The van der Waals surface area contributed by atoms with E-state index < -0.39 is 0 Å². The van der Waals surface area contributed by atoms with Crippen molar-refractivity contribution in [3.63, 3.8) is 0 Å². The molecule has 114 valence electrons. The maximum atomic E-state index is 8.95. The number of rotatable bonds is 9.